The van der Waals surface area contributed by atoms with E-state index in [2.05, 4.69) is 0 Å². The van der Waals surface area contributed by atoms with E-state index in [0.29, 0.717) is 12.1 Å². The first-order valence-electron chi connectivity index (χ1n) is 5.94. The maximum atomic E-state index is 13.2. The summed E-state index contributed by atoms with van der Waals surface area (Å²) in [5.74, 6) is -0.457. The van der Waals surface area contributed by atoms with Crippen LogP contribution >= 0.6 is 0 Å². The second-order valence-electron chi connectivity index (χ2n) is 3.96. The Balaban J connectivity index is 3.18. The minimum Gasteiger partial charge on any atom is -0.329 e. The smallest absolute Gasteiger partial charge is 0.239 e. The largest absolute Gasteiger partial charge is 0.329 e. The van der Waals surface area contributed by atoms with E-state index in [1.165, 1.54) is 22.5 Å². The van der Waals surface area contributed by atoms with E-state index >= 15 is 0 Å². The summed E-state index contributed by atoms with van der Waals surface area (Å²) in [7, 11) is -3.54. The van der Waals surface area contributed by atoms with Gasteiger partial charge in [0.2, 0.25) is 10.0 Å². The van der Waals surface area contributed by atoms with Gasteiger partial charge in [0.05, 0.1) is 10.9 Å². The minimum absolute atomic E-state index is 0.0602. The molecule has 1 aromatic carbocycles. The van der Waals surface area contributed by atoms with Crippen LogP contribution in [0.2, 0.25) is 0 Å². The highest BCUT2D eigenvalue weighted by molar-refractivity contribution is 7.93. The van der Waals surface area contributed by atoms with Crippen molar-refractivity contribution in [1.82, 2.24) is 0 Å². The lowest BCUT2D eigenvalue weighted by Crippen LogP contribution is -2.42. The maximum Gasteiger partial charge on any atom is 0.239 e. The van der Waals surface area contributed by atoms with Gasteiger partial charge in [-0.05, 0) is 31.5 Å². The van der Waals surface area contributed by atoms with Crippen molar-refractivity contribution in [3.63, 3.8) is 0 Å². The Kier molecular flexibility index (Phi) is 5.10. The molecule has 1 aromatic rings. The highest BCUT2D eigenvalue weighted by atomic mass is 32.2. The zero-order valence-electron chi connectivity index (χ0n) is 10.6. The molecule has 0 aliphatic rings. The fraction of sp³-hybridized carbons (Fsp3) is 0.500. The summed E-state index contributed by atoms with van der Waals surface area (Å²) in [6.45, 7) is 3.80. The molecule has 0 spiro atoms. The number of nitrogens with zero attached hydrogens (tertiary/aromatic N) is 1. The Labute approximate surface area is 108 Å². The number of hydrogen-bond acceptors (Lipinski definition) is 3. The van der Waals surface area contributed by atoms with Crippen LogP contribution in [0, 0.1) is 5.82 Å². The molecule has 6 heteroatoms. The lowest BCUT2D eigenvalue weighted by Gasteiger charge is -2.27. The molecule has 1 unspecified atom stereocenters. The van der Waals surface area contributed by atoms with Crippen molar-refractivity contribution >= 4 is 15.7 Å². The summed E-state index contributed by atoms with van der Waals surface area (Å²) in [6, 6.07) is 5.56. The fourth-order valence-electron chi connectivity index (χ4n) is 1.82. The van der Waals surface area contributed by atoms with Gasteiger partial charge in [-0.2, -0.15) is 0 Å². The highest BCUT2D eigenvalue weighted by Crippen LogP contribution is 2.22. The second kappa shape index (κ2) is 6.15. The molecule has 102 valence electrons. The number of rotatable bonds is 6. The molecule has 1 rings (SSSR count). The summed E-state index contributed by atoms with van der Waals surface area (Å²) in [6.07, 6.45) is 0.435. The second-order valence-corrected chi connectivity index (χ2v) is 6.09. The molecule has 0 amide bonds. The maximum absolute atomic E-state index is 13.2. The molecule has 0 aliphatic heterocycles. The Morgan fingerprint density at radius 1 is 1.39 bits per heavy atom. The molecule has 0 aliphatic carbocycles. The third kappa shape index (κ3) is 3.00. The third-order valence-corrected chi connectivity index (χ3v) is 5.28. The van der Waals surface area contributed by atoms with Gasteiger partial charge in [-0.1, -0.05) is 13.0 Å². The van der Waals surface area contributed by atoms with Crippen molar-refractivity contribution in [3.8, 4) is 0 Å². The van der Waals surface area contributed by atoms with Crippen molar-refractivity contribution in [2.45, 2.75) is 25.5 Å². The van der Waals surface area contributed by atoms with Crippen LogP contribution in [-0.2, 0) is 10.0 Å². The van der Waals surface area contributed by atoms with E-state index in [-0.39, 0.29) is 13.1 Å². The van der Waals surface area contributed by atoms with Crippen LogP contribution in [0.5, 0.6) is 0 Å². The van der Waals surface area contributed by atoms with Gasteiger partial charge in [0.1, 0.15) is 5.82 Å². The lowest BCUT2D eigenvalue weighted by atomic mass is 10.3. The predicted molar refractivity (Wildman–Crippen MR) is 71.5 cm³/mol. The number of nitrogens with two attached hydrogens (primary N) is 1. The van der Waals surface area contributed by atoms with E-state index in [0.717, 1.165) is 0 Å². The van der Waals surface area contributed by atoms with Crippen molar-refractivity contribution < 1.29 is 12.8 Å². The van der Waals surface area contributed by atoms with Crippen molar-refractivity contribution in [2.24, 2.45) is 5.73 Å². The van der Waals surface area contributed by atoms with Crippen molar-refractivity contribution in [3.05, 3.63) is 30.1 Å². The van der Waals surface area contributed by atoms with E-state index in [1.54, 1.807) is 19.9 Å². The van der Waals surface area contributed by atoms with Crippen molar-refractivity contribution in [1.29, 1.82) is 0 Å². The normalized spacial score (nSPS) is 13.3. The van der Waals surface area contributed by atoms with E-state index in [4.69, 9.17) is 5.73 Å². The van der Waals surface area contributed by atoms with Gasteiger partial charge in [-0.25, -0.2) is 12.8 Å². The van der Waals surface area contributed by atoms with Crippen molar-refractivity contribution in [2.75, 3.05) is 17.4 Å². The van der Waals surface area contributed by atoms with Gasteiger partial charge in [-0.3, -0.25) is 4.31 Å². The van der Waals surface area contributed by atoms with E-state index < -0.39 is 21.1 Å². The number of anilines is 1. The van der Waals surface area contributed by atoms with Crippen LogP contribution in [0.3, 0.4) is 0 Å². The first kappa shape index (κ1) is 14.9. The van der Waals surface area contributed by atoms with Gasteiger partial charge in [-0.15, -0.1) is 0 Å². The summed E-state index contributed by atoms with van der Waals surface area (Å²) in [4.78, 5) is 0. The first-order valence-corrected chi connectivity index (χ1v) is 7.44. The Bertz CT molecular complexity index is 487. The molecule has 0 saturated heterocycles. The van der Waals surface area contributed by atoms with Crippen LogP contribution in [0.25, 0.3) is 0 Å². The topological polar surface area (TPSA) is 63.4 Å². The van der Waals surface area contributed by atoms with Crippen LogP contribution in [0.4, 0.5) is 10.1 Å². The first-order chi connectivity index (χ1) is 8.47. The van der Waals surface area contributed by atoms with Crippen LogP contribution in [0.1, 0.15) is 20.3 Å². The molecule has 0 fully saturated rings. The Hall–Kier alpha value is -1.14. The molecule has 0 radical (unpaired) electrons. The molecular weight excluding hydrogens is 255 g/mol. The molecule has 18 heavy (non-hydrogen) atoms. The molecule has 0 heterocycles. The summed E-state index contributed by atoms with van der Waals surface area (Å²) in [5.41, 5.74) is 5.83. The van der Waals surface area contributed by atoms with Gasteiger partial charge >= 0.3 is 0 Å². The number of hydrogen-bond donors (Lipinski definition) is 1. The third-order valence-electron chi connectivity index (χ3n) is 2.83. The lowest BCUT2D eigenvalue weighted by molar-refractivity contribution is 0.571. The van der Waals surface area contributed by atoms with E-state index in [1.807, 2.05) is 0 Å². The molecule has 0 aromatic heterocycles. The standard InChI is InChI=1S/C12H19FN2O2S/c1-3-12(9-14)18(16,17)15(4-2)11-7-5-6-10(13)8-11/h5-8,12H,3-4,9,14H2,1-2H3. The molecule has 2 N–H and O–H groups in total. The zero-order chi connectivity index (χ0) is 13.8. The molecule has 4 nitrogen and oxygen atoms in total. The number of benzene rings is 1. The predicted octanol–water partition coefficient (Wildman–Crippen LogP) is 1.72. The fourth-order valence-corrected chi connectivity index (χ4v) is 3.61. The van der Waals surface area contributed by atoms with Gasteiger partial charge in [0.15, 0.2) is 0 Å². The van der Waals surface area contributed by atoms with Crippen LogP contribution in [-0.4, -0.2) is 26.8 Å². The molecular formula is C12H19FN2O2S. The average molecular weight is 274 g/mol. The summed E-state index contributed by atoms with van der Waals surface area (Å²) >= 11 is 0. The Morgan fingerprint density at radius 2 is 2.06 bits per heavy atom. The molecule has 0 bridgehead atoms. The monoisotopic (exact) mass is 274 g/mol. The molecule has 1 atom stereocenters. The minimum atomic E-state index is -3.54. The van der Waals surface area contributed by atoms with Crippen LogP contribution in [0.15, 0.2) is 24.3 Å². The van der Waals surface area contributed by atoms with Gasteiger partial charge < -0.3 is 5.73 Å². The molecule has 0 saturated carbocycles. The Morgan fingerprint density at radius 3 is 2.50 bits per heavy atom. The van der Waals surface area contributed by atoms with E-state index in [9.17, 15) is 12.8 Å². The average Bonchev–Trinajstić information content (AvgIpc) is 2.30. The van der Waals surface area contributed by atoms with Crippen LogP contribution < -0.4 is 10.0 Å². The highest BCUT2D eigenvalue weighted by Gasteiger charge is 2.29. The summed E-state index contributed by atoms with van der Waals surface area (Å²) < 4.78 is 39.1. The number of sulfonamides is 1. The zero-order valence-corrected chi connectivity index (χ0v) is 11.5. The SMILES string of the molecule is CCC(CN)S(=O)(=O)N(CC)c1cccc(F)c1. The summed E-state index contributed by atoms with van der Waals surface area (Å²) in [5, 5.41) is -0.638. The number of halogens is 1. The van der Waals surface area contributed by atoms with Gasteiger partial charge in [0, 0.05) is 13.1 Å². The van der Waals surface area contributed by atoms with Gasteiger partial charge in [0.25, 0.3) is 0 Å². The quantitative estimate of drug-likeness (QED) is 0.859.